The maximum absolute atomic E-state index is 9.37. The first-order chi connectivity index (χ1) is 7.75. The van der Waals surface area contributed by atoms with E-state index < -0.39 is 0 Å². The highest BCUT2D eigenvalue weighted by Crippen LogP contribution is 2.27. The van der Waals surface area contributed by atoms with E-state index >= 15 is 0 Å². The molecule has 1 saturated heterocycles. The topological polar surface area (TPSA) is 35.5 Å². The Labute approximate surface area is 99.2 Å². The lowest BCUT2D eigenvalue weighted by molar-refractivity contribution is 0.144. The molecular formula is C13H26N2O. The van der Waals surface area contributed by atoms with Gasteiger partial charge in [0.15, 0.2) is 0 Å². The molecule has 0 bridgehead atoms. The van der Waals surface area contributed by atoms with Crippen LogP contribution in [0.2, 0.25) is 0 Å². The second-order valence-corrected chi connectivity index (χ2v) is 5.51. The number of nitrogens with one attached hydrogen (secondary N) is 1. The van der Waals surface area contributed by atoms with Gasteiger partial charge in [-0.2, -0.15) is 0 Å². The van der Waals surface area contributed by atoms with Crippen LogP contribution in [0.25, 0.3) is 0 Å². The van der Waals surface area contributed by atoms with Crippen molar-refractivity contribution in [2.45, 2.75) is 63.6 Å². The van der Waals surface area contributed by atoms with Crippen LogP contribution in [0.1, 0.15) is 45.4 Å². The van der Waals surface area contributed by atoms with Gasteiger partial charge in [0.2, 0.25) is 0 Å². The average Bonchev–Trinajstić information content (AvgIpc) is 3.09. The number of rotatable bonds is 6. The molecule has 1 aliphatic carbocycles. The molecule has 16 heavy (non-hydrogen) atoms. The Kier molecular flexibility index (Phi) is 4.62. The molecule has 2 N–H and O–H groups in total. The van der Waals surface area contributed by atoms with E-state index in [9.17, 15) is 5.11 Å². The minimum atomic E-state index is -0.152. The predicted octanol–water partition coefficient (Wildman–Crippen LogP) is 1.36. The largest absolute Gasteiger partial charge is 0.393 e. The summed E-state index contributed by atoms with van der Waals surface area (Å²) in [4.78, 5) is 2.59. The number of hydrogen-bond acceptors (Lipinski definition) is 3. The van der Waals surface area contributed by atoms with Crippen molar-refractivity contribution in [2.24, 2.45) is 0 Å². The number of piperidine rings is 1. The van der Waals surface area contributed by atoms with Crippen molar-refractivity contribution in [1.29, 1.82) is 0 Å². The lowest BCUT2D eigenvalue weighted by Gasteiger charge is -2.31. The quantitative estimate of drug-likeness (QED) is 0.718. The van der Waals surface area contributed by atoms with Crippen LogP contribution >= 0.6 is 0 Å². The zero-order valence-electron chi connectivity index (χ0n) is 10.5. The molecule has 3 nitrogen and oxygen atoms in total. The summed E-state index contributed by atoms with van der Waals surface area (Å²) in [6, 6.07) is 1.52. The third-order valence-corrected chi connectivity index (χ3v) is 3.76. The molecule has 0 radical (unpaired) electrons. The van der Waals surface area contributed by atoms with E-state index in [1.165, 1.54) is 45.2 Å². The van der Waals surface area contributed by atoms with Crippen molar-refractivity contribution in [1.82, 2.24) is 10.2 Å². The van der Waals surface area contributed by atoms with Gasteiger partial charge in [-0.15, -0.1) is 0 Å². The summed E-state index contributed by atoms with van der Waals surface area (Å²) in [6.07, 6.45) is 7.56. The highest BCUT2D eigenvalue weighted by molar-refractivity contribution is 4.88. The van der Waals surface area contributed by atoms with Gasteiger partial charge in [-0.05, 0) is 45.6 Å². The van der Waals surface area contributed by atoms with Crippen molar-refractivity contribution in [3.63, 3.8) is 0 Å². The molecule has 1 saturated carbocycles. The Morgan fingerprint density at radius 3 is 2.69 bits per heavy atom. The fraction of sp³-hybridized carbons (Fsp3) is 1.00. The molecule has 0 aromatic heterocycles. The summed E-state index contributed by atoms with van der Waals surface area (Å²) < 4.78 is 0. The van der Waals surface area contributed by atoms with E-state index in [0.717, 1.165) is 19.0 Å². The first kappa shape index (κ1) is 12.3. The van der Waals surface area contributed by atoms with Gasteiger partial charge in [0.25, 0.3) is 0 Å². The number of aliphatic hydroxyl groups is 1. The highest BCUT2D eigenvalue weighted by Gasteiger charge is 2.30. The number of hydrogen-bond donors (Lipinski definition) is 2. The lowest BCUT2D eigenvalue weighted by atomic mass is 10.0. The van der Waals surface area contributed by atoms with Gasteiger partial charge in [-0.25, -0.2) is 0 Å². The van der Waals surface area contributed by atoms with Gasteiger partial charge in [0.05, 0.1) is 6.10 Å². The monoisotopic (exact) mass is 226 g/mol. The second kappa shape index (κ2) is 5.99. The minimum absolute atomic E-state index is 0.152. The van der Waals surface area contributed by atoms with Gasteiger partial charge < -0.3 is 10.4 Å². The van der Waals surface area contributed by atoms with Crippen LogP contribution < -0.4 is 5.32 Å². The van der Waals surface area contributed by atoms with E-state index in [4.69, 9.17) is 0 Å². The molecule has 1 aliphatic heterocycles. The molecule has 2 fully saturated rings. The van der Waals surface area contributed by atoms with E-state index in [-0.39, 0.29) is 6.10 Å². The SMILES string of the molecule is CC(O)CCN(CC1CCCCN1)C1CC1. The Morgan fingerprint density at radius 2 is 2.12 bits per heavy atom. The van der Waals surface area contributed by atoms with E-state index in [2.05, 4.69) is 10.2 Å². The predicted molar refractivity (Wildman–Crippen MR) is 66.5 cm³/mol. The fourth-order valence-electron chi connectivity index (χ4n) is 2.58. The summed E-state index contributed by atoms with van der Waals surface area (Å²) in [7, 11) is 0. The Bertz CT molecular complexity index is 198. The Balaban J connectivity index is 1.73. The number of aliphatic hydroxyl groups excluding tert-OH is 1. The Morgan fingerprint density at radius 1 is 1.31 bits per heavy atom. The first-order valence-corrected chi connectivity index (χ1v) is 6.91. The lowest BCUT2D eigenvalue weighted by Crippen LogP contribution is -2.45. The minimum Gasteiger partial charge on any atom is -0.393 e. The fourth-order valence-corrected chi connectivity index (χ4v) is 2.58. The Hall–Kier alpha value is -0.120. The van der Waals surface area contributed by atoms with Crippen molar-refractivity contribution in [2.75, 3.05) is 19.6 Å². The van der Waals surface area contributed by atoms with Crippen molar-refractivity contribution in [3.05, 3.63) is 0 Å². The molecule has 0 aromatic carbocycles. The van der Waals surface area contributed by atoms with E-state index in [0.29, 0.717) is 6.04 Å². The first-order valence-electron chi connectivity index (χ1n) is 6.91. The van der Waals surface area contributed by atoms with Crippen molar-refractivity contribution >= 4 is 0 Å². The van der Waals surface area contributed by atoms with E-state index in [1.54, 1.807) is 0 Å². The summed E-state index contributed by atoms with van der Waals surface area (Å²) in [5, 5.41) is 13.0. The highest BCUT2D eigenvalue weighted by atomic mass is 16.3. The van der Waals surface area contributed by atoms with Crippen LogP contribution in [0.4, 0.5) is 0 Å². The molecule has 0 spiro atoms. The summed E-state index contributed by atoms with van der Waals surface area (Å²) in [5.41, 5.74) is 0. The molecule has 3 heteroatoms. The molecule has 0 amide bonds. The van der Waals surface area contributed by atoms with Gasteiger partial charge in [0.1, 0.15) is 0 Å². The maximum atomic E-state index is 9.37. The van der Waals surface area contributed by atoms with Crippen molar-refractivity contribution in [3.8, 4) is 0 Å². The summed E-state index contributed by atoms with van der Waals surface area (Å²) >= 11 is 0. The van der Waals surface area contributed by atoms with Crippen molar-refractivity contribution < 1.29 is 5.11 Å². The third-order valence-electron chi connectivity index (χ3n) is 3.76. The van der Waals surface area contributed by atoms with Gasteiger partial charge in [0, 0.05) is 25.2 Å². The van der Waals surface area contributed by atoms with Crippen LogP contribution in [-0.2, 0) is 0 Å². The molecule has 2 unspecified atom stereocenters. The normalized spacial score (nSPS) is 28.3. The van der Waals surface area contributed by atoms with Crippen LogP contribution in [0.3, 0.4) is 0 Å². The molecule has 1 heterocycles. The standard InChI is InChI=1S/C13H26N2O/c1-11(16)7-9-15(13-5-6-13)10-12-4-2-3-8-14-12/h11-14,16H,2-10H2,1H3. The van der Waals surface area contributed by atoms with Crippen LogP contribution in [0.15, 0.2) is 0 Å². The maximum Gasteiger partial charge on any atom is 0.0524 e. The van der Waals surface area contributed by atoms with Gasteiger partial charge in [-0.3, -0.25) is 4.90 Å². The zero-order valence-corrected chi connectivity index (χ0v) is 10.5. The third kappa shape index (κ3) is 4.04. The average molecular weight is 226 g/mol. The van der Waals surface area contributed by atoms with Crippen LogP contribution in [0, 0.1) is 0 Å². The van der Waals surface area contributed by atoms with Gasteiger partial charge in [-0.1, -0.05) is 6.42 Å². The zero-order chi connectivity index (χ0) is 11.4. The second-order valence-electron chi connectivity index (χ2n) is 5.51. The molecule has 2 rings (SSSR count). The molecule has 2 atom stereocenters. The molecule has 94 valence electrons. The smallest absolute Gasteiger partial charge is 0.0524 e. The molecule has 2 aliphatic rings. The summed E-state index contributed by atoms with van der Waals surface area (Å²) in [5.74, 6) is 0. The summed E-state index contributed by atoms with van der Waals surface area (Å²) in [6.45, 7) is 5.35. The van der Waals surface area contributed by atoms with Crippen LogP contribution in [-0.4, -0.2) is 47.8 Å². The number of nitrogens with zero attached hydrogens (tertiary/aromatic N) is 1. The van der Waals surface area contributed by atoms with E-state index in [1.807, 2.05) is 6.92 Å². The molecular weight excluding hydrogens is 200 g/mol. The van der Waals surface area contributed by atoms with Crippen LogP contribution in [0.5, 0.6) is 0 Å². The molecule has 0 aromatic rings. The van der Waals surface area contributed by atoms with Gasteiger partial charge >= 0.3 is 0 Å².